The van der Waals surface area contributed by atoms with Gasteiger partial charge in [0.05, 0.1) is 5.69 Å². The van der Waals surface area contributed by atoms with Gasteiger partial charge in [0.2, 0.25) is 5.78 Å². The topological polar surface area (TPSA) is 22.0 Å². The summed E-state index contributed by atoms with van der Waals surface area (Å²) < 4.78 is 2.29. The monoisotopic (exact) mass is 273 g/mol. The maximum absolute atomic E-state index is 12.8. The highest BCUT2D eigenvalue weighted by atomic mass is 32.1. The lowest BCUT2D eigenvalue weighted by atomic mass is 9.99. The zero-order valence-electron chi connectivity index (χ0n) is 11.5. The zero-order chi connectivity index (χ0) is 13.4. The molecule has 0 saturated heterocycles. The molecule has 0 amide bonds. The summed E-state index contributed by atoms with van der Waals surface area (Å²) in [5.41, 5.74) is 5.93. The van der Waals surface area contributed by atoms with Gasteiger partial charge in [0.1, 0.15) is 0 Å². The average molecular weight is 273 g/mol. The first-order valence-electron chi connectivity index (χ1n) is 7.07. The maximum atomic E-state index is 12.8. The van der Waals surface area contributed by atoms with E-state index in [0.29, 0.717) is 0 Å². The predicted octanol–water partition coefficient (Wildman–Crippen LogP) is 3.85. The molecule has 0 bridgehead atoms. The van der Waals surface area contributed by atoms with Crippen molar-refractivity contribution in [2.45, 2.75) is 46.1 Å². The molecular weight excluding hydrogens is 254 g/mol. The Bertz CT molecular complexity index is 607. The molecule has 3 rings (SSSR count). The number of thiophene rings is 1. The van der Waals surface area contributed by atoms with Crippen LogP contribution in [0.25, 0.3) is 0 Å². The molecule has 0 saturated carbocycles. The molecule has 0 radical (unpaired) electrons. The van der Waals surface area contributed by atoms with Gasteiger partial charge in [-0.25, -0.2) is 0 Å². The van der Waals surface area contributed by atoms with E-state index in [-0.39, 0.29) is 5.78 Å². The summed E-state index contributed by atoms with van der Waals surface area (Å²) in [5.74, 6) is 0.209. The van der Waals surface area contributed by atoms with E-state index in [4.69, 9.17) is 0 Å². The molecule has 0 fully saturated rings. The summed E-state index contributed by atoms with van der Waals surface area (Å²) in [6.07, 6.45) is 4.30. The van der Waals surface area contributed by atoms with E-state index in [9.17, 15) is 4.79 Å². The fourth-order valence-corrected chi connectivity index (χ4v) is 3.94. The van der Waals surface area contributed by atoms with Gasteiger partial charge in [0, 0.05) is 23.2 Å². The van der Waals surface area contributed by atoms with Crippen LogP contribution in [-0.2, 0) is 25.8 Å². The highest BCUT2D eigenvalue weighted by Gasteiger charge is 2.28. The van der Waals surface area contributed by atoms with Gasteiger partial charge in [-0.05, 0) is 48.3 Å². The van der Waals surface area contributed by atoms with Crippen LogP contribution in [0.4, 0.5) is 0 Å². The zero-order valence-corrected chi connectivity index (χ0v) is 12.3. The van der Waals surface area contributed by atoms with Crippen LogP contribution in [0, 0.1) is 0 Å². The number of carbonyl (C=O) groups excluding carboxylic acids is 1. The third kappa shape index (κ3) is 1.88. The Kier molecular flexibility index (Phi) is 3.31. The van der Waals surface area contributed by atoms with Crippen molar-refractivity contribution in [3.8, 4) is 0 Å². The van der Waals surface area contributed by atoms with Crippen molar-refractivity contribution in [1.82, 2.24) is 4.57 Å². The normalized spacial score (nSPS) is 13.8. The molecule has 0 aromatic carbocycles. The van der Waals surface area contributed by atoms with E-state index in [1.165, 1.54) is 23.2 Å². The van der Waals surface area contributed by atoms with E-state index in [0.717, 1.165) is 37.1 Å². The third-order valence-electron chi connectivity index (χ3n) is 4.10. The fourth-order valence-electron chi connectivity index (χ4n) is 3.30. The van der Waals surface area contributed by atoms with Gasteiger partial charge in [-0.1, -0.05) is 13.8 Å². The molecule has 2 aromatic heterocycles. The van der Waals surface area contributed by atoms with Crippen LogP contribution in [0.1, 0.15) is 53.1 Å². The van der Waals surface area contributed by atoms with Crippen molar-refractivity contribution in [2.75, 3.05) is 0 Å². The van der Waals surface area contributed by atoms with Crippen molar-refractivity contribution in [2.24, 2.45) is 0 Å². The van der Waals surface area contributed by atoms with Crippen LogP contribution in [-0.4, -0.2) is 10.4 Å². The molecule has 3 heteroatoms. The summed E-state index contributed by atoms with van der Waals surface area (Å²) in [6, 6.07) is 1.94. The first-order chi connectivity index (χ1) is 9.27. The maximum Gasteiger partial charge on any atom is 0.210 e. The summed E-state index contributed by atoms with van der Waals surface area (Å²) in [6.45, 7) is 5.37. The molecular formula is C16H19NOS. The van der Waals surface area contributed by atoms with E-state index >= 15 is 0 Å². The van der Waals surface area contributed by atoms with E-state index in [1.54, 1.807) is 11.3 Å². The van der Waals surface area contributed by atoms with Gasteiger partial charge in [0.25, 0.3) is 0 Å². The van der Waals surface area contributed by atoms with Gasteiger partial charge in [-0.2, -0.15) is 11.3 Å². The molecule has 2 nitrogen and oxygen atoms in total. The molecule has 100 valence electrons. The van der Waals surface area contributed by atoms with Gasteiger partial charge >= 0.3 is 0 Å². The number of hydrogen-bond acceptors (Lipinski definition) is 2. The minimum Gasteiger partial charge on any atom is -0.341 e. The number of carbonyl (C=O) groups is 1. The van der Waals surface area contributed by atoms with Gasteiger partial charge < -0.3 is 4.57 Å². The van der Waals surface area contributed by atoms with Crippen LogP contribution in [0.15, 0.2) is 16.8 Å². The van der Waals surface area contributed by atoms with Crippen molar-refractivity contribution < 1.29 is 4.79 Å². The molecule has 0 unspecified atom stereocenters. The Morgan fingerprint density at radius 1 is 1.32 bits per heavy atom. The number of nitrogens with zero attached hydrogens (tertiary/aromatic N) is 1. The second-order valence-corrected chi connectivity index (χ2v) is 5.84. The number of hydrogen-bond donors (Lipinski definition) is 0. The second-order valence-electron chi connectivity index (χ2n) is 5.06. The van der Waals surface area contributed by atoms with E-state index < -0.39 is 0 Å². The number of rotatable bonds is 4. The first-order valence-corrected chi connectivity index (χ1v) is 8.02. The minimum atomic E-state index is 0.209. The Hall–Kier alpha value is -1.35. The van der Waals surface area contributed by atoms with Crippen molar-refractivity contribution >= 4 is 17.1 Å². The van der Waals surface area contributed by atoms with Crippen molar-refractivity contribution in [1.29, 1.82) is 0 Å². The summed E-state index contributed by atoms with van der Waals surface area (Å²) >= 11 is 1.59. The Morgan fingerprint density at radius 2 is 2.11 bits per heavy atom. The van der Waals surface area contributed by atoms with Gasteiger partial charge in [0.15, 0.2) is 0 Å². The average Bonchev–Trinajstić information content (AvgIpc) is 3.12. The van der Waals surface area contributed by atoms with E-state index in [2.05, 4.69) is 18.4 Å². The van der Waals surface area contributed by atoms with Crippen molar-refractivity contribution in [3.05, 3.63) is 44.9 Å². The van der Waals surface area contributed by atoms with Crippen LogP contribution in [0.3, 0.4) is 0 Å². The molecule has 19 heavy (non-hydrogen) atoms. The molecule has 3 heterocycles. The molecule has 1 aliphatic rings. The quantitative estimate of drug-likeness (QED) is 0.775. The summed E-state index contributed by atoms with van der Waals surface area (Å²) in [7, 11) is 0. The molecule has 0 N–H and O–H groups in total. The standard InChI is InChI=1S/C16H19NOS/c1-3-12-13(4-2)15(17-8-5-6-14(12)17)16(18)11-7-9-19-10-11/h7,9-10H,3-6,8H2,1-2H3. The lowest BCUT2D eigenvalue weighted by molar-refractivity contribution is 0.103. The van der Waals surface area contributed by atoms with Gasteiger partial charge in [-0.15, -0.1) is 0 Å². The Balaban J connectivity index is 2.18. The Labute approximate surface area is 118 Å². The number of aromatic nitrogens is 1. The molecule has 2 aromatic rings. The van der Waals surface area contributed by atoms with Gasteiger partial charge in [-0.3, -0.25) is 4.79 Å². The predicted molar refractivity (Wildman–Crippen MR) is 79.3 cm³/mol. The second kappa shape index (κ2) is 4.97. The SMILES string of the molecule is CCc1c(CC)c(C(=O)c2ccsc2)n2c1CCC2. The molecule has 0 aliphatic carbocycles. The van der Waals surface area contributed by atoms with Crippen LogP contribution in [0.2, 0.25) is 0 Å². The lowest BCUT2D eigenvalue weighted by Gasteiger charge is -2.07. The van der Waals surface area contributed by atoms with Crippen LogP contribution in [0.5, 0.6) is 0 Å². The highest BCUT2D eigenvalue weighted by Crippen LogP contribution is 2.31. The highest BCUT2D eigenvalue weighted by molar-refractivity contribution is 7.08. The third-order valence-corrected chi connectivity index (χ3v) is 4.78. The molecule has 0 spiro atoms. The fraction of sp³-hybridized carbons (Fsp3) is 0.438. The minimum absolute atomic E-state index is 0.209. The van der Waals surface area contributed by atoms with Crippen LogP contribution >= 0.6 is 11.3 Å². The number of ketones is 1. The summed E-state index contributed by atoms with van der Waals surface area (Å²) in [4.78, 5) is 12.8. The Morgan fingerprint density at radius 3 is 2.74 bits per heavy atom. The molecule has 0 atom stereocenters. The largest absolute Gasteiger partial charge is 0.341 e. The smallest absolute Gasteiger partial charge is 0.210 e. The molecule has 1 aliphatic heterocycles. The van der Waals surface area contributed by atoms with Crippen molar-refractivity contribution in [3.63, 3.8) is 0 Å². The number of fused-ring (bicyclic) bond motifs is 1. The van der Waals surface area contributed by atoms with E-state index in [1.807, 2.05) is 16.8 Å². The lowest BCUT2D eigenvalue weighted by Crippen LogP contribution is -2.10. The first kappa shape index (κ1) is 12.7. The summed E-state index contributed by atoms with van der Waals surface area (Å²) in [5, 5.41) is 3.94. The van der Waals surface area contributed by atoms with Crippen LogP contribution < -0.4 is 0 Å².